The molecule has 0 aromatic heterocycles. The number of primary amides is 1. The van der Waals surface area contributed by atoms with Crippen LogP contribution in [0.1, 0.15) is 40.0 Å². The first kappa shape index (κ1) is 15.2. The van der Waals surface area contributed by atoms with E-state index in [2.05, 4.69) is 5.32 Å². The molecule has 0 bridgehead atoms. The smallest absolute Gasteiger partial charge is 0.248 e. The quantitative estimate of drug-likeness (QED) is 0.887. The monoisotopic (exact) mass is 286 g/mol. The van der Waals surface area contributed by atoms with Crippen LogP contribution >= 0.6 is 0 Å². The third kappa shape index (κ3) is 3.89. The van der Waals surface area contributed by atoms with Crippen molar-refractivity contribution in [2.24, 2.45) is 5.73 Å². The molecule has 0 aliphatic carbocycles. The summed E-state index contributed by atoms with van der Waals surface area (Å²) in [5.74, 6) is -0.658. The Bertz CT molecular complexity index is 655. The highest BCUT2D eigenvalue weighted by Gasteiger charge is 2.08. The lowest BCUT2D eigenvalue weighted by Crippen LogP contribution is -2.19. The maximum absolute atomic E-state index is 13.2. The van der Waals surface area contributed by atoms with Crippen molar-refractivity contribution in [1.29, 1.82) is 0 Å². The van der Waals surface area contributed by atoms with E-state index in [1.54, 1.807) is 18.2 Å². The fourth-order valence-electron chi connectivity index (χ4n) is 2.20. The second-order valence-electron chi connectivity index (χ2n) is 5.16. The standard InChI is InChI=1S/C17H19FN2O/c1-11-8-14(17(19)21)6-7-15(11)10-20-12(2)13-4-3-5-16(18)9-13/h3-9,12,20H,10H2,1-2H3,(H2,19,21)/t12-/m0/s1. The number of benzene rings is 2. The Morgan fingerprint density at radius 3 is 2.67 bits per heavy atom. The molecule has 0 fully saturated rings. The number of aryl methyl sites for hydroxylation is 1. The van der Waals surface area contributed by atoms with Crippen LogP contribution in [0.15, 0.2) is 42.5 Å². The van der Waals surface area contributed by atoms with E-state index < -0.39 is 5.91 Å². The molecule has 1 amide bonds. The van der Waals surface area contributed by atoms with Gasteiger partial charge < -0.3 is 11.1 Å². The zero-order valence-electron chi connectivity index (χ0n) is 12.2. The van der Waals surface area contributed by atoms with Crippen LogP contribution < -0.4 is 11.1 Å². The Labute approximate surface area is 124 Å². The summed E-state index contributed by atoms with van der Waals surface area (Å²) in [6.07, 6.45) is 0. The molecule has 110 valence electrons. The molecule has 0 saturated heterocycles. The molecule has 2 aromatic rings. The number of hydrogen-bond donors (Lipinski definition) is 2. The molecule has 2 rings (SSSR count). The zero-order chi connectivity index (χ0) is 15.4. The molecule has 0 radical (unpaired) electrons. The van der Waals surface area contributed by atoms with Gasteiger partial charge in [0.2, 0.25) is 5.91 Å². The van der Waals surface area contributed by atoms with E-state index >= 15 is 0 Å². The number of hydrogen-bond acceptors (Lipinski definition) is 2. The minimum atomic E-state index is -0.425. The highest BCUT2D eigenvalue weighted by Crippen LogP contribution is 2.16. The number of nitrogens with two attached hydrogens (primary N) is 1. The van der Waals surface area contributed by atoms with Gasteiger partial charge in [-0.05, 0) is 54.8 Å². The number of amides is 1. The summed E-state index contributed by atoms with van der Waals surface area (Å²) in [6, 6.07) is 12.0. The summed E-state index contributed by atoms with van der Waals surface area (Å²) in [6.45, 7) is 4.57. The molecule has 0 aliphatic heterocycles. The summed E-state index contributed by atoms with van der Waals surface area (Å²) in [7, 11) is 0. The molecule has 0 unspecified atom stereocenters. The SMILES string of the molecule is Cc1cc(C(N)=O)ccc1CN[C@@H](C)c1cccc(F)c1. The van der Waals surface area contributed by atoms with Gasteiger partial charge in [0.05, 0.1) is 0 Å². The lowest BCUT2D eigenvalue weighted by molar-refractivity contribution is 0.1000. The normalized spacial score (nSPS) is 12.1. The Morgan fingerprint density at radius 2 is 2.05 bits per heavy atom. The number of rotatable bonds is 5. The summed E-state index contributed by atoms with van der Waals surface area (Å²) >= 11 is 0. The lowest BCUT2D eigenvalue weighted by Gasteiger charge is -2.16. The van der Waals surface area contributed by atoms with Crippen molar-refractivity contribution < 1.29 is 9.18 Å². The van der Waals surface area contributed by atoms with Gasteiger partial charge in [0.1, 0.15) is 5.82 Å². The van der Waals surface area contributed by atoms with Crippen LogP contribution in [-0.4, -0.2) is 5.91 Å². The molecule has 3 nitrogen and oxygen atoms in total. The van der Waals surface area contributed by atoms with E-state index in [0.717, 1.165) is 16.7 Å². The van der Waals surface area contributed by atoms with Crippen molar-refractivity contribution in [3.8, 4) is 0 Å². The van der Waals surface area contributed by atoms with E-state index in [4.69, 9.17) is 5.73 Å². The summed E-state index contributed by atoms with van der Waals surface area (Å²) < 4.78 is 13.2. The third-order valence-corrected chi connectivity index (χ3v) is 3.57. The minimum Gasteiger partial charge on any atom is -0.366 e. The molecular weight excluding hydrogens is 267 g/mol. The van der Waals surface area contributed by atoms with Crippen LogP contribution in [0.3, 0.4) is 0 Å². The predicted molar refractivity (Wildman–Crippen MR) is 81.4 cm³/mol. The van der Waals surface area contributed by atoms with Crippen LogP contribution in [0.4, 0.5) is 4.39 Å². The second-order valence-corrected chi connectivity index (χ2v) is 5.16. The van der Waals surface area contributed by atoms with Crippen molar-refractivity contribution in [3.05, 3.63) is 70.5 Å². The first-order valence-electron chi connectivity index (χ1n) is 6.85. The molecule has 0 saturated carbocycles. The van der Waals surface area contributed by atoms with Crippen LogP contribution in [0, 0.1) is 12.7 Å². The average Bonchev–Trinajstić information content (AvgIpc) is 2.45. The zero-order valence-corrected chi connectivity index (χ0v) is 12.2. The Morgan fingerprint density at radius 1 is 1.29 bits per heavy atom. The predicted octanol–water partition coefficient (Wildman–Crippen LogP) is 3.08. The van der Waals surface area contributed by atoms with E-state index in [9.17, 15) is 9.18 Å². The topological polar surface area (TPSA) is 55.1 Å². The summed E-state index contributed by atoms with van der Waals surface area (Å²) in [5, 5.41) is 3.35. The third-order valence-electron chi connectivity index (χ3n) is 3.57. The number of nitrogens with one attached hydrogen (secondary N) is 1. The van der Waals surface area contributed by atoms with Crippen LogP contribution in [-0.2, 0) is 6.54 Å². The first-order valence-corrected chi connectivity index (χ1v) is 6.85. The van der Waals surface area contributed by atoms with E-state index in [1.807, 2.05) is 26.0 Å². The van der Waals surface area contributed by atoms with Gasteiger partial charge in [-0.3, -0.25) is 4.79 Å². The van der Waals surface area contributed by atoms with Crippen molar-refractivity contribution >= 4 is 5.91 Å². The largest absolute Gasteiger partial charge is 0.366 e. The van der Waals surface area contributed by atoms with Gasteiger partial charge in [0.25, 0.3) is 0 Å². The van der Waals surface area contributed by atoms with Crippen LogP contribution in [0.25, 0.3) is 0 Å². The van der Waals surface area contributed by atoms with Gasteiger partial charge in [0, 0.05) is 18.2 Å². The van der Waals surface area contributed by atoms with Gasteiger partial charge in [0.15, 0.2) is 0 Å². The number of halogens is 1. The Balaban J connectivity index is 2.04. The van der Waals surface area contributed by atoms with Gasteiger partial charge >= 0.3 is 0 Å². The van der Waals surface area contributed by atoms with E-state index in [1.165, 1.54) is 12.1 Å². The van der Waals surface area contributed by atoms with Gasteiger partial charge in [-0.25, -0.2) is 4.39 Å². The maximum Gasteiger partial charge on any atom is 0.248 e. The fraction of sp³-hybridized carbons (Fsp3) is 0.235. The highest BCUT2D eigenvalue weighted by molar-refractivity contribution is 5.93. The summed E-state index contributed by atoms with van der Waals surface area (Å²) in [4.78, 5) is 11.1. The molecule has 3 N–H and O–H groups in total. The van der Waals surface area contributed by atoms with Crippen molar-refractivity contribution in [3.63, 3.8) is 0 Å². The van der Waals surface area contributed by atoms with Crippen molar-refractivity contribution in [1.82, 2.24) is 5.32 Å². The van der Waals surface area contributed by atoms with Gasteiger partial charge in [-0.2, -0.15) is 0 Å². The van der Waals surface area contributed by atoms with Gasteiger partial charge in [-0.15, -0.1) is 0 Å². The Kier molecular flexibility index (Phi) is 4.70. The number of carbonyl (C=O) groups is 1. The van der Waals surface area contributed by atoms with Gasteiger partial charge in [-0.1, -0.05) is 18.2 Å². The fourth-order valence-corrected chi connectivity index (χ4v) is 2.20. The van der Waals surface area contributed by atoms with Crippen LogP contribution in [0.2, 0.25) is 0 Å². The highest BCUT2D eigenvalue weighted by atomic mass is 19.1. The molecule has 1 atom stereocenters. The summed E-state index contributed by atoms with van der Waals surface area (Å²) in [5.41, 5.74) is 8.76. The molecular formula is C17H19FN2O. The Hall–Kier alpha value is -2.20. The average molecular weight is 286 g/mol. The molecule has 2 aromatic carbocycles. The first-order chi connectivity index (χ1) is 9.97. The van der Waals surface area contributed by atoms with Crippen LogP contribution in [0.5, 0.6) is 0 Å². The van der Waals surface area contributed by atoms with E-state index in [0.29, 0.717) is 12.1 Å². The molecule has 4 heteroatoms. The molecule has 0 aliphatic rings. The van der Waals surface area contributed by atoms with Crippen molar-refractivity contribution in [2.75, 3.05) is 0 Å². The second kappa shape index (κ2) is 6.50. The molecule has 0 heterocycles. The minimum absolute atomic E-state index is 0.0379. The molecule has 0 spiro atoms. The molecule has 21 heavy (non-hydrogen) atoms. The van der Waals surface area contributed by atoms with Crippen molar-refractivity contribution in [2.45, 2.75) is 26.4 Å². The van der Waals surface area contributed by atoms with E-state index in [-0.39, 0.29) is 11.9 Å². The number of carbonyl (C=O) groups excluding carboxylic acids is 1. The maximum atomic E-state index is 13.2. The lowest BCUT2D eigenvalue weighted by atomic mass is 10.0.